The molecule has 0 unspecified atom stereocenters. The minimum absolute atomic E-state index is 0.00556. The van der Waals surface area contributed by atoms with Crippen LogP contribution in [0.1, 0.15) is 12.6 Å². The summed E-state index contributed by atoms with van der Waals surface area (Å²) in [5, 5.41) is 8.52. The first kappa shape index (κ1) is 12.1. The van der Waals surface area contributed by atoms with Crippen LogP contribution in [0.5, 0.6) is 5.88 Å². The Bertz CT molecular complexity index is 561. The van der Waals surface area contributed by atoms with Crippen molar-refractivity contribution in [3.63, 3.8) is 0 Å². The molecule has 0 saturated carbocycles. The van der Waals surface area contributed by atoms with Gasteiger partial charge < -0.3 is 4.74 Å². The molecule has 1 aromatic carbocycles. The van der Waals surface area contributed by atoms with Gasteiger partial charge in [0.15, 0.2) is 12.4 Å². The first-order valence-corrected chi connectivity index (χ1v) is 5.76. The van der Waals surface area contributed by atoms with Gasteiger partial charge in [0, 0.05) is 17.3 Å². The maximum atomic E-state index is 8.52. The third-order valence-electron chi connectivity index (χ3n) is 2.43. The zero-order chi connectivity index (χ0) is 12.8. The summed E-state index contributed by atoms with van der Waals surface area (Å²) in [6.45, 7) is 2.01. The van der Waals surface area contributed by atoms with Crippen molar-refractivity contribution in [2.45, 2.75) is 13.3 Å². The van der Waals surface area contributed by atoms with Gasteiger partial charge in [-0.3, -0.25) is 0 Å². The fourth-order valence-electron chi connectivity index (χ4n) is 1.55. The summed E-state index contributed by atoms with van der Waals surface area (Å²) < 4.78 is 5.25. The molecule has 0 aliphatic rings. The van der Waals surface area contributed by atoms with Gasteiger partial charge in [-0.1, -0.05) is 37.3 Å². The van der Waals surface area contributed by atoms with Crippen LogP contribution in [0, 0.1) is 11.3 Å². The van der Waals surface area contributed by atoms with Crippen molar-refractivity contribution in [2.75, 3.05) is 6.61 Å². The van der Waals surface area contributed by atoms with Crippen molar-refractivity contribution in [3.8, 4) is 23.3 Å². The van der Waals surface area contributed by atoms with Crippen LogP contribution in [0.15, 0.2) is 36.4 Å². The van der Waals surface area contributed by atoms with Crippen molar-refractivity contribution in [1.29, 1.82) is 5.26 Å². The van der Waals surface area contributed by atoms with E-state index in [0.717, 1.165) is 17.7 Å². The molecule has 1 aromatic heterocycles. The Morgan fingerprint density at radius 1 is 1.22 bits per heavy atom. The number of benzene rings is 1. The molecule has 0 amide bonds. The predicted molar refractivity (Wildman–Crippen MR) is 68.0 cm³/mol. The Balaban J connectivity index is 2.38. The summed E-state index contributed by atoms with van der Waals surface area (Å²) in [6.07, 6.45) is 0.797. The SMILES string of the molecule is CCc1cc(OCC#N)nc(-c2ccccc2)n1. The van der Waals surface area contributed by atoms with Crippen LogP contribution < -0.4 is 4.74 Å². The molecule has 4 nitrogen and oxygen atoms in total. The van der Waals surface area contributed by atoms with E-state index in [4.69, 9.17) is 10.00 Å². The average Bonchev–Trinajstić information content (AvgIpc) is 2.45. The molecule has 0 saturated heterocycles. The molecule has 0 radical (unpaired) electrons. The molecule has 0 aliphatic heterocycles. The van der Waals surface area contributed by atoms with E-state index in [9.17, 15) is 0 Å². The molecule has 0 bridgehead atoms. The highest BCUT2D eigenvalue weighted by atomic mass is 16.5. The number of nitrogens with zero attached hydrogens (tertiary/aromatic N) is 3. The minimum Gasteiger partial charge on any atom is -0.462 e. The largest absolute Gasteiger partial charge is 0.462 e. The van der Waals surface area contributed by atoms with Gasteiger partial charge in [-0.25, -0.2) is 4.98 Å². The molecule has 0 aliphatic carbocycles. The van der Waals surface area contributed by atoms with Crippen LogP contribution in [0.25, 0.3) is 11.4 Å². The summed E-state index contributed by atoms with van der Waals surface area (Å²) in [5.74, 6) is 1.07. The van der Waals surface area contributed by atoms with Crippen LogP contribution in [0.4, 0.5) is 0 Å². The monoisotopic (exact) mass is 239 g/mol. The second-order valence-corrected chi connectivity index (χ2v) is 3.69. The van der Waals surface area contributed by atoms with Crippen molar-refractivity contribution in [1.82, 2.24) is 9.97 Å². The van der Waals surface area contributed by atoms with E-state index in [1.165, 1.54) is 0 Å². The van der Waals surface area contributed by atoms with Gasteiger partial charge in [-0.2, -0.15) is 10.2 Å². The second kappa shape index (κ2) is 5.78. The van der Waals surface area contributed by atoms with Crippen molar-refractivity contribution in [2.24, 2.45) is 0 Å². The van der Waals surface area contributed by atoms with Crippen LogP contribution in [-0.4, -0.2) is 16.6 Å². The number of nitriles is 1. The minimum atomic E-state index is -0.00556. The highest BCUT2D eigenvalue weighted by Gasteiger charge is 2.06. The molecule has 1 heterocycles. The predicted octanol–water partition coefficient (Wildman–Crippen LogP) is 2.61. The van der Waals surface area contributed by atoms with Crippen LogP contribution >= 0.6 is 0 Å². The zero-order valence-electron chi connectivity index (χ0n) is 10.1. The van der Waals surface area contributed by atoms with E-state index in [-0.39, 0.29) is 6.61 Å². The Labute approximate surface area is 106 Å². The van der Waals surface area contributed by atoms with Crippen molar-refractivity contribution < 1.29 is 4.74 Å². The summed E-state index contributed by atoms with van der Waals surface area (Å²) >= 11 is 0. The van der Waals surface area contributed by atoms with E-state index in [2.05, 4.69) is 9.97 Å². The number of aryl methyl sites for hydroxylation is 1. The quantitative estimate of drug-likeness (QED) is 0.822. The lowest BCUT2D eigenvalue weighted by Gasteiger charge is -2.06. The lowest BCUT2D eigenvalue weighted by Crippen LogP contribution is -2.01. The Hall–Kier alpha value is -2.41. The molecule has 0 fully saturated rings. The van der Waals surface area contributed by atoms with Crippen molar-refractivity contribution >= 4 is 0 Å². The smallest absolute Gasteiger partial charge is 0.218 e. The molecule has 0 N–H and O–H groups in total. The molecule has 0 atom stereocenters. The number of rotatable bonds is 4. The number of hydrogen-bond donors (Lipinski definition) is 0. The van der Waals surface area contributed by atoms with E-state index < -0.39 is 0 Å². The van der Waals surface area contributed by atoms with Crippen LogP contribution in [0.2, 0.25) is 0 Å². The molecule has 2 rings (SSSR count). The highest BCUT2D eigenvalue weighted by molar-refractivity contribution is 5.55. The highest BCUT2D eigenvalue weighted by Crippen LogP contribution is 2.19. The van der Waals surface area contributed by atoms with Crippen molar-refractivity contribution in [3.05, 3.63) is 42.1 Å². The first-order chi connectivity index (χ1) is 8.83. The number of aromatic nitrogens is 2. The first-order valence-electron chi connectivity index (χ1n) is 5.76. The molecule has 2 aromatic rings. The Morgan fingerprint density at radius 2 is 2.00 bits per heavy atom. The van der Waals surface area contributed by atoms with E-state index in [1.54, 1.807) is 6.07 Å². The molecule has 90 valence electrons. The van der Waals surface area contributed by atoms with Crippen LogP contribution in [-0.2, 0) is 6.42 Å². The van der Waals surface area contributed by atoms with E-state index in [0.29, 0.717) is 11.7 Å². The fourth-order valence-corrected chi connectivity index (χ4v) is 1.55. The summed E-state index contributed by atoms with van der Waals surface area (Å²) in [6, 6.07) is 13.4. The van der Waals surface area contributed by atoms with Gasteiger partial charge in [0.1, 0.15) is 6.07 Å². The van der Waals surface area contributed by atoms with Gasteiger partial charge in [-0.05, 0) is 6.42 Å². The normalized spacial score (nSPS) is 9.78. The summed E-state index contributed by atoms with van der Waals surface area (Å²) in [4.78, 5) is 8.76. The molecule has 0 spiro atoms. The molecular formula is C14H13N3O. The van der Waals surface area contributed by atoms with Gasteiger partial charge in [-0.15, -0.1) is 0 Å². The summed E-state index contributed by atoms with van der Waals surface area (Å²) in [7, 11) is 0. The second-order valence-electron chi connectivity index (χ2n) is 3.69. The van der Waals surface area contributed by atoms with Gasteiger partial charge in [0.25, 0.3) is 0 Å². The maximum Gasteiger partial charge on any atom is 0.218 e. The van der Waals surface area contributed by atoms with Crippen LogP contribution in [0.3, 0.4) is 0 Å². The maximum absolute atomic E-state index is 8.52. The topological polar surface area (TPSA) is 58.8 Å². The van der Waals surface area contributed by atoms with E-state index in [1.807, 2.05) is 43.3 Å². The third kappa shape index (κ3) is 2.83. The van der Waals surface area contributed by atoms with Gasteiger partial charge in [0.2, 0.25) is 5.88 Å². The van der Waals surface area contributed by atoms with Gasteiger partial charge in [0.05, 0.1) is 0 Å². The third-order valence-corrected chi connectivity index (χ3v) is 2.43. The molecular weight excluding hydrogens is 226 g/mol. The lowest BCUT2D eigenvalue weighted by atomic mass is 10.2. The fraction of sp³-hybridized carbons (Fsp3) is 0.214. The summed E-state index contributed by atoms with van der Waals surface area (Å²) in [5.41, 5.74) is 1.84. The molecule has 18 heavy (non-hydrogen) atoms. The Morgan fingerprint density at radius 3 is 2.67 bits per heavy atom. The standard InChI is InChI=1S/C14H13N3O/c1-2-12-10-13(18-9-8-15)17-14(16-12)11-6-4-3-5-7-11/h3-7,10H,2,9H2,1H3. The number of ether oxygens (including phenoxy) is 1. The lowest BCUT2D eigenvalue weighted by molar-refractivity contribution is 0.352. The number of hydrogen-bond acceptors (Lipinski definition) is 4. The molecule has 4 heteroatoms. The van der Waals surface area contributed by atoms with E-state index >= 15 is 0 Å². The average molecular weight is 239 g/mol. The zero-order valence-corrected chi connectivity index (χ0v) is 10.1. The van der Waals surface area contributed by atoms with Gasteiger partial charge >= 0.3 is 0 Å². The Kier molecular flexibility index (Phi) is 3.87.